The molecule has 0 aromatic carbocycles. The summed E-state index contributed by atoms with van der Waals surface area (Å²) in [4.78, 5) is 22.9. The molecule has 142 valence electrons. The highest BCUT2D eigenvalue weighted by Gasteiger charge is 2.12. The molecule has 0 aliphatic rings. The van der Waals surface area contributed by atoms with Crippen LogP contribution in [0.1, 0.15) is 35.0 Å². The fourth-order valence-corrected chi connectivity index (χ4v) is 2.66. The topological polar surface area (TPSA) is 120 Å². The Morgan fingerprint density at radius 2 is 1.89 bits per heavy atom. The van der Waals surface area contributed by atoms with Gasteiger partial charge in [0.25, 0.3) is 5.91 Å². The van der Waals surface area contributed by atoms with Gasteiger partial charge in [-0.05, 0) is 13.8 Å². The van der Waals surface area contributed by atoms with Gasteiger partial charge in [-0.15, -0.1) is 0 Å². The lowest BCUT2D eigenvalue weighted by Gasteiger charge is -2.03. The molecule has 3 rings (SSSR count). The second kappa shape index (κ2) is 7.85. The minimum Gasteiger partial charge on any atom is -0.481 e. The average Bonchev–Trinajstić information content (AvgIpc) is 3.35. The van der Waals surface area contributed by atoms with Gasteiger partial charge in [-0.3, -0.25) is 23.6 Å². The normalized spacial score (nSPS) is 10.9. The van der Waals surface area contributed by atoms with E-state index in [1.807, 2.05) is 24.7 Å². The molecule has 0 radical (unpaired) electrons. The Kier molecular flexibility index (Phi) is 5.34. The minimum atomic E-state index is -0.913. The van der Waals surface area contributed by atoms with Crippen LogP contribution in [0.25, 0.3) is 0 Å². The quantitative estimate of drug-likeness (QED) is 0.617. The molecule has 0 fully saturated rings. The van der Waals surface area contributed by atoms with Crippen LogP contribution >= 0.6 is 0 Å². The van der Waals surface area contributed by atoms with Crippen molar-refractivity contribution in [3.8, 4) is 0 Å². The number of aromatic nitrogens is 6. The highest BCUT2D eigenvalue weighted by Crippen LogP contribution is 2.12. The van der Waals surface area contributed by atoms with E-state index in [1.54, 1.807) is 17.1 Å². The van der Waals surface area contributed by atoms with E-state index < -0.39 is 5.97 Å². The fraction of sp³-hybridized carbons (Fsp3) is 0.353. The molecule has 3 aromatic rings. The Balaban J connectivity index is 1.60. The second-order valence-corrected chi connectivity index (χ2v) is 6.09. The molecule has 0 unspecified atom stereocenters. The maximum atomic E-state index is 12.3. The van der Waals surface area contributed by atoms with Crippen molar-refractivity contribution in [3.05, 3.63) is 47.8 Å². The maximum Gasteiger partial charge on any atom is 0.305 e. The summed E-state index contributed by atoms with van der Waals surface area (Å²) in [6.45, 7) is 5.64. The highest BCUT2D eigenvalue weighted by atomic mass is 16.4. The number of carbonyl (C=O) groups is 2. The number of aliphatic carboxylic acids is 1. The van der Waals surface area contributed by atoms with E-state index in [0.717, 1.165) is 17.8 Å². The van der Waals surface area contributed by atoms with E-state index in [4.69, 9.17) is 5.11 Å². The molecule has 3 heterocycles. The predicted octanol–water partition coefficient (Wildman–Crippen LogP) is 1.38. The molecule has 10 heteroatoms. The van der Waals surface area contributed by atoms with Crippen LogP contribution in [-0.4, -0.2) is 46.3 Å². The third-order valence-corrected chi connectivity index (χ3v) is 4.18. The van der Waals surface area contributed by atoms with Gasteiger partial charge in [-0.1, -0.05) is 0 Å². The Hall–Kier alpha value is -3.43. The van der Waals surface area contributed by atoms with Gasteiger partial charge in [0.2, 0.25) is 0 Å². The third-order valence-electron chi connectivity index (χ3n) is 4.18. The van der Waals surface area contributed by atoms with Crippen LogP contribution in [0.5, 0.6) is 0 Å². The average molecular weight is 371 g/mol. The lowest BCUT2D eigenvalue weighted by molar-refractivity contribution is -0.137. The van der Waals surface area contributed by atoms with Crippen LogP contribution in [0.4, 0.5) is 5.69 Å². The molecule has 0 atom stereocenters. The van der Waals surface area contributed by atoms with E-state index in [0.29, 0.717) is 17.8 Å². The van der Waals surface area contributed by atoms with Gasteiger partial charge in [0.15, 0.2) is 0 Å². The Morgan fingerprint density at radius 3 is 2.59 bits per heavy atom. The monoisotopic (exact) mass is 371 g/mol. The number of hydrogen-bond donors (Lipinski definition) is 2. The molecule has 0 spiro atoms. The first-order valence-corrected chi connectivity index (χ1v) is 8.55. The molecule has 2 N–H and O–H groups in total. The molecule has 3 aromatic heterocycles. The zero-order valence-electron chi connectivity index (χ0n) is 15.2. The van der Waals surface area contributed by atoms with Crippen molar-refractivity contribution < 1.29 is 14.7 Å². The number of carboxylic acid groups (broad SMARTS) is 1. The lowest BCUT2D eigenvalue weighted by atomic mass is 10.2. The number of carbonyl (C=O) groups excluding carboxylic acids is 1. The molecular formula is C17H21N7O3. The molecule has 0 bridgehead atoms. The highest BCUT2D eigenvalue weighted by molar-refractivity contribution is 6.03. The first-order valence-electron chi connectivity index (χ1n) is 8.55. The number of aryl methyl sites for hydroxylation is 2. The summed E-state index contributed by atoms with van der Waals surface area (Å²) in [6.07, 6.45) is 8.02. The zero-order valence-corrected chi connectivity index (χ0v) is 15.2. The molecule has 0 aliphatic carbocycles. The summed E-state index contributed by atoms with van der Waals surface area (Å²) in [5, 5.41) is 24.0. The van der Waals surface area contributed by atoms with Gasteiger partial charge >= 0.3 is 5.97 Å². The van der Waals surface area contributed by atoms with Crippen molar-refractivity contribution in [2.24, 2.45) is 0 Å². The molecule has 0 saturated heterocycles. The molecular weight excluding hydrogens is 350 g/mol. The van der Waals surface area contributed by atoms with E-state index in [1.165, 1.54) is 17.1 Å². The van der Waals surface area contributed by atoms with E-state index in [2.05, 4.69) is 20.6 Å². The van der Waals surface area contributed by atoms with Crippen molar-refractivity contribution >= 4 is 17.6 Å². The largest absolute Gasteiger partial charge is 0.481 e. The van der Waals surface area contributed by atoms with Crippen molar-refractivity contribution in [3.63, 3.8) is 0 Å². The summed E-state index contributed by atoms with van der Waals surface area (Å²) < 4.78 is 5.08. The van der Waals surface area contributed by atoms with Crippen molar-refractivity contribution in [2.45, 2.75) is 39.9 Å². The Labute approximate surface area is 155 Å². The minimum absolute atomic E-state index is 0.0520. The first-order chi connectivity index (χ1) is 13.0. The van der Waals surface area contributed by atoms with Gasteiger partial charge in [0.1, 0.15) is 0 Å². The standard InChI is InChI=1S/C17H21N7O3/c1-3-24-12(2)13(6-20-24)9-23-11-15(8-19-23)21-17(27)14-7-18-22(10-14)5-4-16(25)26/h6-8,10-11H,3-5,9H2,1-2H3,(H,21,27)(H,25,26). The van der Waals surface area contributed by atoms with Crippen LogP contribution in [0.2, 0.25) is 0 Å². The van der Waals surface area contributed by atoms with E-state index >= 15 is 0 Å². The smallest absolute Gasteiger partial charge is 0.305 e. The van der Waals surface area contributed by atoms with E-state index in [9.17, 15) is 9.59 Å². The van der Waals surface area contributed by atoms with Crippen LogP contribution in [-0.2, 0) is 24.4 Å². The lowest BCUT2D eigenvalue weighted by Crippen LogP contribution is -2.11. The number of carboxylic acids is 1. The van der Waals surface area contributed by atoms with Crippen LogP contribution in [0.3, 0.4) is 0 Å². The van der Waals surface area contributed by atoms with Gasteiger partial charge in [0, 0.05) is 30.2 Å². The van der Waals surface area contributed by atoms with Crippen LogP contribution in [0.15, 0.2) is 31.0 Å². The number of rotatable bonds is 8. The first kappa shape index (κ1) is 18.4. The number of amides is 1. The van der Waals surface area contributed by atoms with Crippen LogP contribution in [0, 0.1) is 6.92 Å². The van der Waals surface area contributed by atoms with Gasteiger partial charge in [-0.2, -0.15) is 15.3 Å². The number of anilines is 1. The van der Waals surface area contributed by atoms with E-state index in [-0.39, 0.29) is 18.9 Å². The molecule has 0 aliphatic heterocycles. The van der Waals surface area contributed by atoms with Crippen LogP contribution < -0.4 is 5.32 Å². The van der Waals surface area contributed by atoms with Gasteiger partial charge < -0.3 is 10.4 Å². The Bertz CT molecular complexity index is 954. The number of nitrogens with zero attached hydrogens (tertiary/aromatic N) is 6. The van der Waals surface area contributed by atoms with Gasteiger partial charge in [-0.25, -0.2) is 0 Å². The van der Waals surface area contributed by atoms with Gasteiger partial charge in [0.05, 0.1) is 49.4 Å². The molecule has 1 amide bonds. The summed E-state index contributed by atoms with van der Waals surface area (Å²) in [5.41, 5.74) is 3.08. The second-order valence-electron chi connectivity index (χ2n) is 6.09. The number of hydrogen-bond acceptors (Lipinski definition) is 5. The fourth-order valence-electron chi connectivity index (χ4n) is 2.66. The van der Waals surface area contributed by atoms with Crippen molar-refractivity contribution in [1.82, 2.24) is 29.3 Å². The summed E-state index contributed by atoms with van der Waals surface area (Å²) in [6, 6.07) is 0. The summed E-state index contributed by atoms with van der Waals surface area (Å²) in [5.74, 6) is -1.24. The summed E-state index contributed by atoms with van der Waals surface area (Å²) in [7, 11) is 0. The molecule has 0 saturated carbocycles. The molecule has 10 nitrogen and oxygen atoms in total. The number of nitrogens with one attached hydrogen (secondary N) is 1. The van der Waals surface area contributed by atoms with Crippen molar-refractivity contribution in [2.75, 3.05) is 5.32 Å². The predicted molar refractivity (Wildman–Crippen MR) is 96.4 cm³/mol. The molecule has 27 heavy (non-hydrogen) atoms. The zero-order chi connectivity index (χ0) is 19.4. The van der Waals surface area contributed by atoms with Crippen molar-refractivity contribution in [1.29, 1.82) is 0 Å². The summed E-state index contributed by atoms with van der Waals surface area (Å²) >= 11 is 0. The Morgan fingerprint density at radius 1 is 1.11 bits per heavy atom. The third kappa shape index (κ3) is 4.40. The maximum absolute atomic E-state index is 12.3. The SMILES string of the molecule is CCn1ncc(Cn2cc(NC(=O)c3cnn(CCC(=O)O)c3)cn2)c1C.